The topological polar surface area (TPSA) is 74.6 Å². The summed E-state index contributed by atoms with van der Waals surface area (Å²) in [6, 6.07) is 13.0. The molecule has 1 amide bonds. The minimum atomic E-state index is -0.245. The summed E-state index contributed by atoms with van der Waals surface area (Å²) in [4.78, 5) is 13.1. The second kappa shape index (κ2) is 11.2. The van der Waals surface area contributed by atoms with E-state index < -0.39 is 0 Å². The highest BCUT2D eigenvalue weighted by molar-refractivity contribution is 6.31. The van der Waals surface area contributed by atoms with Crippen LogP contribution in [0.1, 0.15) is 45.8 Å². The Morgan fingerprint density at radius 3 is 2.58 bits per heavy atom. The van der Waals surface area contributed by atoms with Crippen LogP contribution in [0.3, 0.4) is 0 Å². The zero-order valence-corrected chi connectivity index (χ0v) is 20.4. The summed E-state index contributed by atoms with van der Waals surface area (Å²) in [5.74, 6) is 1.05. The number of ether oxygens (including phenoxy) is 3. The lowest BCUT2D eigenvalue weighted by atomic mass is 10.1. The van der Waals surface area contributed by atoms with E-state index >= 15 is 0 Å². The molecular formula is C25H30ClN3O4. The molecule has 176 valence electrons. The molecule has 0 saturated carbocycles. The Morgan fingerprint density at radius 1 is 1.12 bits per heavy atom. The number of aromatic nitrogens is 2. The zero-order valence-electron chi connectivity index (χ0n) is 19.6. The summed E-state index contributed by atoms with van der Waals surface area (Å²) in [5, 5.41) is 8.32. The molecule has 1 aromatic heterocycles. The minimum absolute atomic E-state index is 0.178. The van der Waals surface area contributed by atoms with Crippen LogP contribution in [0.5, 0.6) is 11.5 Å². The number of carbonyl (C=O) groups excluding carboxylic acids is 1. The van der Waals surface area contributed by atoms with Gasteiger partial charge in [-0.2, -0.15) is 5.10 Å². The van der Waals surface area contributed by atoms with Crippen molar-refractivity contribution in [3.8, 4) is 11.5 Å². The highest BCUT2D eigenvalue weighted by Gasteiger charge is 2.21. The summed E-state index contributed by atoms with van der Waals surface area (Å²) >= 11 is 6.30. The van der Waals surface area contributed by atoms with Gasteiger partial charge < -0.3 is 19.5 Å². The van der Waals surface area contributed by atoms with Crippen LogP contribution in [0.4, 0.5) is 0 Å². The lowest BCUT2D eigenvalue weighted by molar-refractivity contribution is 0.0938. The molecule has 0 saturated heterocycles. The normalized spacial score (nSPS) is 11.8. The standard InChI is InChI=1S/C25H30ClN3O4/c1-16(19-10-11-22(23(14-19)32-5)33-13-12-31-4)27-25(30)24-17(2)28-29(18(24)3)15-20-8-6-7-9-21(20)26/h6-11,14,16H,12-13,15H2,1-5H3,(H,27,30). The molecule has 0 aliphatic carbocycles. The van der Waals surface area contributed by atoms with Gasteiger partial charge in [0.25, 0.3) is 5.91 Å². The van der Waals surface area contributed by atoms with Crippen LogP contribution in [0, 0.1) is 13.8 Å². The summed E-state index contributed by atoms with van der Waals surface area (Å²) in [5.41, 5.74) is 3.88. The second-order valence-corrected chi connectivity index (χ2v) is 8.15. The van der Waals surface area contributed by atoms with Crippen LogP contribution in [0.2, 0.25) is 5.02 Å². The molecule has 33 heavy (non-hydrogen) atoms. The van der Waals surface area contributed by atoms with Gasteiger partial charge in [-0.1, -0.05) is 35.9 Å². The van der Waals surface area contributed by atoms with E-state index in [0.717, 1.165) is 16.8 Å². The Kier molecular flexibility index (Phi) is 8.36. The molecular weight excluding hydrogens is 442 g/mol. The fourth-order valence-electron chi connectivity index (χ4n) is 3.63. The van der Waals surface area contributed by atoms with E-state index in [1.54, 1.807) is 14.2 Å². The van der Waals surface area contributed by atoms with E-state index in [4.69, 9.17) is 25.8 Å². The quantitative estimate of drug-likeness (QED) is 0.433. The van der Waals surface area contributed by atoms with Gasteiger partial charge in [0.05, 0.1) is 37.6 Å². The number of carbonyl (C=O) groups is 1. The number of aryl methyl sites for hydroxylation is 1. The lowest BCUT2D eigenvalue weighted by Gasteiger charge is -2.17. The van der Waals surface area contributed by atoms with E-state index in [-0.39, 0.29) is 11.9 Å². The zero-order chi connectivity index (χ0) is 24.0. The van der Waals surface area contributed by atoms with Gasteiger partial charge in [-0.15, -0.1) is 0 Å². The van der Waals surface area contributed by atoms with Crippen molar-refractivity contribution in [3.05, 3.63) is 75.6 Å². The molecule has 1 N–H and O–H groups in total. The third-order valence-electron chi connectivity index (χ3n) is 5.47. The number of hydrogen-bond donors (Lipinski definition) is 1. The molecule has 0 bridgehead atoms. The Balaban J connectivity index is 1.74. The SMILES string of the molecule is COCCOc1ccc(C(C)NC(=O)c2c(C)nn(Cc3ccccc3Cl)c2C)cc1OC. The largest absolute Gasteiger partial charge is 0.493 e. The molecule has 3 aromatic rings. The fourth-order valence-corrected chi connectivity index (χ4v) is 3.82. The van der Waals surface area contributed by atoms with Crippen molar-refractivity contribution in [2.45, 2.75) is 33.4 Å². The number of methoxy groups -OCH3 is 2. The van der Waals surface area contributed by atoms with E-state index in [2.05, 4.69) is 10.4 Å². The maximum absolute atomic E-state index is 13.1. The van der Waals surface area contributed by atoms with E-state index in [1.165, 1.54) is 0 Å². The van der Waals surface area contributed by atoms with Crippen molar-refractivity contribution in [1.29, 1.82) is 0 Å². The number of halogens is 1. The van der Waals surface area contributed by atoms with Gasteiger partial charge >= 0.3 is 0 Å². The maximum atomic E-state index is 13.1. The summed E-state index contributed by atoms with van der Waals surface area (Å²) < 4.78 is 18.0. The molecule has 1 atom stereocenters. The Labute approximate surface area is 199 Å². The van der Waals surface area contributed by atoms with E-state index in [0.29, 0.717) is 47.5 Å². The first-order valence-corrected chi connectivity index (χ1v) is 11.1. The van der Waals surface area contributed by atoms with Crippen molar-refractivity contribution in [2.24, 2.45) is 0 Å². The van der Waals surface area contributed by atoms with Crippen molar-refractivity contribution in [2.75, 3.05) is 27.4 Å². The molecule has 1 heterocycles. The van der Waals surface area contributed by atoms with Gasteiger partial charge in [0.15, 0.2) is 11.5 Å². The van der Waals surface area contributed by atoms with Gasteiger partial charge in [-0.25, -0.2) is 0 Å². The highest BCUT2D eigenvalue weighted by atomic mass is 35.5. The number of rotatable bonds is 10. The fraction of sp³-hybridized carbons (Fsp3) is 0.360. The van der Waals surface area contributed by atoms with Crippen LogP contribution in [-0.4, -0.2) is 43.1 Å². The molecule has 1 unspecified atom stereocenters. The van der Waals surface area contributed by atoms with Gasteiger partial charge in [0, 0.05) is 17.8 Å². The first kappa shape index (κ1) is 24.6. The van der Waals surface area contributed by atoms with Crippen LogP contribution in [0.15, 0.2) is 42.5 Å². The highest BCUT2D eigenvalue weighted by Crippen LogP contribution is 2.30. The molecule has 0 radical (unpaired) electrons. The molecule has 0 aliphatic heterocycles. The van der Waals surface area contributed by atoms with Gasteiger partial charge in [0.1, 0.15) is 6.61 Å². The number of benzene rings is 2. The van der Waals surface area contributed by atoms with Gasteiger partial charge in [-0.3, -0.25) is 9.48 Å². The molecule has 8 heteroatoms. The maximum Gasteiger partial charge on any atom is 0.255 e. The molecule has 0 fully saturated rings. The van der Waals surface area contributed by atoms with Crippen molar-refractivity contribution >= 4 is 17.5 Å². The molecule has 0 aliphatic rings. The monoisotopic (exact) mass is 471 g/mol. The average Bonchev–Trinajstić information content (AvgIpc) is 3.08. The van der Waals surface area contributed by atoms with Crippen LogP contribution in [-0.2, 0) is 11.3 Å². The van der Waals surface area contributed by atoms with Crippen molar-refractivity contribution < 1.29 is 19.0 Å². The van der Waals surface area contributed by atoms with Crippen LogP contribution >= 0.6 is 11.6 Å². The Morgan fingerprint density at radius 2 is 1.88 bits per heavy atom. The predicted molar refractivity (Wildman–Crippen MR) is 129 cm³/mol. The second-order valence-electron chi connectivity index (χ2n) is 7.74. The van der Waals surface area contributed by atoms with E-state index in [1.807, 2.05) is 67.9 Å². The third-order valence-corrected chi connectivity index (χ3v) is 5.84. The van der Waals surface area contributed by atoms with Gasteiger partial charge in [0.2, 0.25) is 0 Å². The first-order chi connectivity index (χ1) is 15.8. The first-order valence-electron chi connectivity index (χ1n) is 10.7. The molecule has 3 rings (SSSR count). The molecule has 7 nitrogen and oxygen atoms in total. The Bertz CT molecular complexity index is 1110. The van der Waals surface area contributed by atoms with Gasteiger partial charge in [-0.05, 0) is 50.1 Å². The third kappa shape index (κ3) is 5.86. The average molecular weight is 472 g/mol. The summed E-state index contributed by atoms with van der Waals surface area (Å²) in [6.07, 6.45) is 0. The molecule has 2 aromatic carbocycles. The number of nitrogens with one attached hydrogen (secondary N) is 1. The summed E-state index contributed by atoms with van der Waals surface area (Å²) in [6.45, 7) is 7.07. The van der Waals surface area contributed by atoms with E-state index in [9.17, 15) is 4.79 Å². The smallest absolute Gasteiger partial charge is 0.255 e. The number of hydrogen-bond acceptors (Lipinski definition) is 5. The number of nitrogens with zero attached hydrogens (tertiary/aromatic N) is 2. The minimum Gasteiger partial charge on any atom is -0.493 e. The predicted octanol–water partition coefficient (Wildman–Crippen LogP) is 4.73. The number of amides is 1. The van der Waals surface area contributed by atoms with Crippen LogP contribution in [0.25, 0.3) is 0 Å². The van der Waals surface area contributed by atoms with Crippen molar-refractivity contribution in [1.82, 2.24) is 15.1 Å². The molecule has 0 spiro atoms. The lowest BCUT2D eigenvalue weighted by Crippen LogP contribution is -2.27. The summed E-state index contributed by atoms with van der Waals surface area (Å²) in [7, 11) is 3.21. The van der Waals surface area contributed by atoms with Crippen molar-refractivity contribution in [3.63, 3.8) is 0 Å². The van der Waals surface area contributed by atoms with Crippen LogP contribution < -0.4 is 14.8 Å². The Hall–Kier alpha value is -3.03.